The van der Waals surface area contributed by atoms with E-state index in [2.05, 4.69) is 41.8 Å². The Balaban J connectivity index is 2.29. The molecule has 1 heterocycles. The van der Waals surface area contributed by atoms with Gasteiger partial charge in [0.1, 0.15) is 0 Å². The lowest BCUT2D eigenvalue weighted by atomic mass is 9.98. The van der Waals surface area contributed by atoms with Gasteiger partial charge in [-0.3, -0.25) is 0 Å². The maximum Gasteiger partial charge on any atom is 0.203 e. The van der Waals surface area contributed by atoms with E-state index < -0.39 is 0 Å². The van der Waals surface area contributed by atoms with Crippen LogP contribution in [-0.4, -0.2) is 16.6 Å². The molecule has 0 spiro atoms. The molecule has 1 aliphatic rings. The number of nitrogens with one attached hydrogen (secondary N) is 1. The van der Waals surface area contributed by atoms with E-state index in [1.807, 2.05) is 7.05 Å². The van der Waals surface area contributed by atoms with Gasteiger partial charge in [0.25, 0.3) is 0 Å². The van der Waals surface area contributed by atoms with Gasteiger partial charge in [-0.05, 0) is 31.6 Å². The van der Waals surface area contributed by atoms with E-state index >= 15 is 0 Å². The molecule has 0 bridgehead atoms. The molecule has 0 saturated heterocycles. The number of imidazole rings is 1. The van der Waals surface area contributed by atoms with Crippen LogP contribution in [0.15, 0.2) is 6.20 Å². The average Bonchev–Trinajstić information content (AvgIpc) is 2.72. The molecular formula is C12H21N3. The van der Waals surface area contributed by atoms with Gasteiger partial charge in [0.2, 0.25) is 5.95 Å². The van der Waals surface area contributed by atoms with Crippen molar-refractivity contribution in [2.24, 2.45) is 11.8 Å². The topological polar surface area (TPSA) is 29.9 Å². The molecule has 84 valence electrons. The normalized spacial score (nSPS) is 30.8. The number of aryl methyl sites for hydroxylation is 1. The third kappa shape index (κ3) is 1.75. The summed E-state index contributed by atoms with van der Waals surface area (Å²) in [5.41, 5.74) is 1.10. The monoisotopic (exact) mass is 207 g/mol. The zero-order valence-corrected chi connectivity index (χ0v) is 10.1. The third-order valence-electron chi connectivity index (χ3n) is 3.86. The maximum absolute atomic E-state index is 4.49. The zero-order valence-electron chi connectivity index (χ0n) is 10.1. The Kier molecular flexibility index (Phi) is 2.72. The van der Waals surface area contributed by atoms with Gasteiger partial charge in [0, 0.05) is 19.3 Å². The van der Waals surface area contributed by atoms with Crippen LogP contribution in [0.2, 0.25) is 0 Å². The number of aromatic nitrogens is 2. The highest BCUT2D eigenvalue weighted by molar-refractivity contribution is 5.28. The van der Waals surface area contributed by atoms with Crippen LogP contribution < -0.4 is 5.32 Å². The fraction of sp³-hybridized carbons (Fsp3) is 0.750. The molecule has 0 aromatic carbocycles. The highest BCUT2D eigenvalue weighted by atomic mass is 15.2. The van der Waals surface area contributed by atoms with E-state index in [9.17, 15) is 0 Å². The van der Waals surface area contributed by atoms with Crippen LogP contribution >= 0.6 is 0 Å². The number of nitrogens with zero attached hydrogens (tertiary/aromatic N) is 2. The maximum atomic E-state index is 4.49. The van der Waals surface area contributed by atoms with Crippen molar-refractivity contribution in [3.05, 3.63) is 11.9 Å². The fourth-order valence-electron chi connectivity index (χ4n) is 2.68. The van der Waals surface area contributed by atoms with Gasteiger partial charge >= 0.3 is 0 Å². The fourth-order valence-corrected chi connectivity index (χ4v) is 2.68. The predicted molar refractivity (Wildman–Crippen MR) is 63.1 cm³/mol. The smallest absolute Gasteiger partial charge is 0.203 e. The van der Waals surface area contributed by atoms with Crippen LogP contribution in [0.25, 0.3) is 0 Å². The lowest BCUT2D eigenvalue weighted by Crippen LogP contribution is -2.15. The number of rotatable bonds is 2. The lowest BCUT2D eigenvalue weighted by molar-refractivity contribution is 0.355. The summed E-state index contributed by atoms with van der Waals surface area (Å²) in [6, 6.07) is 0.628. The Labute approximate surface area is 91.9 Å². The largest absolute Gasteiger partial charge is 0.359 e. The Hall–Kier alpha value is -0.990. The van der Waals surface area contributed by atoms with Gasteiger partial charge < -0.3 is 9.88 Å². The molecule has 3 atom stereocenters. The average molecular weight is 207 g/mol. The minimum absolute atomic E-state index is 0.628. The number of hydrogen-bond donors (Lipinski definition) is 1. The molecule has 15 heavy (non-hydrogen) atoms. The zero-order chi connectivity index (χ0) is 11.0. The molecule has 3 heteroatoms. The van der Waals surface area contributed by atoms with Crippen molar-refractivity contribution in [1.29, 1.82) is 0 Å². The Morgan fingerprint density at radius 2 is 2.13 bits per heavy atom. The molecule has 0 amide bonds. The van der Waals surface area contributed by atoms with Crippen molar-refractivity contribution in [3.8, 4) is 0 Å². The summed E-state index contributed by atoms with van der Waals surface area (Å²) >= 11 is 0. The van der Waals surface area contributed by atoms with Gasteiger partial charge in [-0.15, -0.1) is 0 Å². The SMILES string of the molecule is CNc1nc(C)cn1C1CCC(C)C1C. The summed E-state index contributed by atoms with van der Waals surface area (Å²) in [4.78, 5) is 4.49. The number of anilines is 1. The molecule has 2 rings (SSSR count). The van der Waals surface area contributed by atoms with Crippen molar-refractivity contribution >= 4 is 5.95 Å². The van der Waals surface area contributed by atoms with Crippen molar-refractivity contribution in [1.82, 2.24) is 9.55 Å². The summed E-state index contributed by atoms with van der Waals surface area (Å²) in [6.45, 7) is 6.77. The third-order valence-corrected chi connectivity index (χ3v) is 3.86. The van der Waals surface area contributed by atoms with Crippen LogP contribution in [0.1, 0.15) is 38.4 Å². The molecule has 1 fully saturated rings. The first-order valence-corrected chi connectivity index (χ1v) is 5.86. The summed E-state index contributed by atoms with van der Waals surface area (Å²) in [6.07, 6.45) is 4.80. The standard InChI is InChI=1S/C12H21N3/c1-8-5-6-11(10(8)3)15-7-9(2)14-12(15)13-4/h7-8,10-11H,5-6H2,1-4H3,(H,13,14). The summed E-state index contributed by atoms with van der Waals surface area (Å²) in [5.74, 6) is 2.60. The second kappa shape index (κ2) is 3.87. The second-order valence-electron chi connectivity index (χ2n) is 4.84. The summed E-state index contributed by atoms with van der Waals surface area (Å²) < 4.78 is 2.32. The molecule has 3 nitrogen and oxygen atoms in total. The van der Waals surface area contributed by atoms with E-state index in [0.717, 1.165) is 23.5 Å². The van der Waals surface area contributed by atoms with Crippen LogP contribution in [0.5, 0.6) is 0 Å². The Morgan fingerprint density at radius 3 is 2.67 bits per heavy atom. The molecule has 1 aromatic rings. The quantitative estimate of drug-likeness (QED) is 0.808. The van der Waals surface area contributed by atoms with E-state index in [1.165, 1.54) is 12.8 Å². The molecule has 0 aliphatic heterocycles. The van der Waals surface area contributed by atoms with E-state index in [0.29, 0.717) is 6.04 Å². The molecule has 0 radical (unpaired) electrons. The van der Waals surface area contributed by atoms with Crippen LogP contribution in [-0.2, 0) is 0 Å². The second-order valence-corrected chi connectivity index (χ2v) is 4.84. The highest BCUT2D eigenvalue weighted by Crippen LogP contribution is 2.41. The van der Waals surface area contributed by atoms with Crippen molar-refractivity contribution in [2.75, 3.05) is 12.4 Å². The molecule has 1 saturated carbocycles. The van der Waals surface area contributed by atoms with Crippen LogP contribution in [0.3, 0.4) is 0 Å². The van der Waals surface area contributed by atoms with Crippen molar-refractivity contribution in [2.45, 2.75) is 39.7 Å². The van der Waals surface area contributed by atoms with E-state index in [1.54, 1.807) is 0 Å². The van der Waals surface area contributed by atoms with Crippen LogP contribution in [0.4, 0.5) is 5.95 Å². The summed E-state index contributed by atoms with van der Waals surface area (Å²) in [5, 5.41) is 3.18. The van der Waals surface area contributed by atoms with Gasteiger partial charge in [0.15, 0.2) is 0 Å². The minimum Gasteiger partial charge on any atom is -0.359 e. The first-order chi connectivity index (χ1) is 7.13. The summed E-state index contributed by atoms with van der Waals surface area (Å²) in [7, 11) is 1.95. The van der Waals surface area contributed by atoms with Crippen molar-refractivity contribution < 1.29 is 0 Å². The lowest BCUT2D eigenvalue weighted by Gasteiger charge is -2.21. The predicted octanol–water partition coefficient (Wildman–Crippen LogP) is 2.84. The first-order valence-electron chi connectivity index (χ1n) is 5.86. The van der Waals surface area contributed by atoms with Gasteiger partial charge in [-0.2, -0.15) is 0 Å². The van der Waals surface area contributed by atoms with Gasteiger partial charge in [-0.25, -0.2) is 4.98 Å². The molecule has 1 N–H and O–H groups in total. The van der Waals surface area contributed by atoms with Gasteiger partial charge in [0.05, 0.1) is 5.69 Å². The molecular weight excluding hydrogens is 186 g/mol. The van der Waals surface area contributed by atoms with Crippen LogP contribution in [0, 0.1) is 18.8 Å². The first kappa shape index (κ1) is 10.5. The Morgan fingerprint density at radius 1 is 1.40 bits per heavy atom. The van der Waals surface area contributed by atoms with Gasteiger partial charge in [-0.1, -0.05) is 13.8 Å². The number of hydrogen-bond acceptors (Lipinski definition) is 2. The van der Waals surface area contributed by atoms with E-state index in [-0.39, 0.29) is 0 Å². The highest BCUT2D eigenvalue weighted by Gasteiger charge is 2.32. The minimum atomic E-state index is 0.628. The molecule has 1 aliphatic carbocycles. The van der Waals surface area contributed by atoms with E-state index in [4.69, 9.17) is 0 Å². The molecule has 3 unspecified atom stereocenters. The Bertz CT molecular complexity index is 343. The van der Waals surface area contributed by atoms with Crippen molar-refractivity contribution in [3.63, 3.8) is 0 Å². The molecule has 1 aromatic heterocycles.